The minimum atomic E-state index is -0.249. The van der Waals surface area contributed by atoms with E-state index in [2.05, 4.69) is 19.9 Å². The van der Waals surface area contributed by atoms with Crippen LogP contribution in [0.3, 0.4) is 0 Å². The van der Waals surface area contributed by atoms with E-state index in [4.69, 9.17) is 16.3 Å². The van der Waals surface area contributed by atoms with E-state index in [9.17, 15) is 0 Å². The SMILES string of the molecule is COc1ncnc2c1nc(C(C)Cl)n2Cc1cccnc1. The Labute approximate surface area is 126 Å². The molecule has 0 aliphatic carbocycles. The van der Waals surface area contributed by atoms with Crippen molar-refractivity contribution < 1.29 is 4.74 Å². The molecule has 108 valence electrons. The monoisotopic (exact) mass is 303 g/mol. The number of aromatic nitrogens is 5. The number of halogens is 1. The second-order valence-electron chi connectivity index (χ2n) is 4.59. The molecule has 0 saturated carbocycles. The Balaban J connectivity index is 2.17. The number of methoxy groups -OCH3 is 1. The molecule has 3 aromatic heterocycles. The maximum absolute atomic E-state index is 6.25. The molecule has 7 heteroatoms. The van der Waals surface area contributed by atoms with Crippen LogP contribution in [-0.2, 0) is 6.54 Å². The van der Waals surface area contributed by atoms with Gasteiger partial charge in [0.15, 0.2) is 11.2 Å². The lowest BCUT2D eigenvalue weighted by atomic mass is 10.3. The Bertz CT molecular complexity index is 757. The van der Waals surface area contributed by atoms with Crippen molar-refractivity contribution in [3.05, 3.63) is 42.2 Å². The van der Waals surface area contributed by atoms with Crippen LogP contribution in [0.2, 0.25) is 0 Å². The van der Waals surface area contributed by atoms with Crippen molar-refractivity contribution in [3.8, 4) is 5.88 Å². The van der Waals surface area contributed by atoms with E-state index >= 15 is 0 Å². The molecule has 1 atom stereocenters. The first-order valence-electron chi connectivity index (χ1n) is 6.48. The fourth-order valence-electron chi connectivity index (χ4n) is 2.22. The number of rotatable bonds is 4. The van der Waals surface area contributed by atoms with Crippen LogP contribution in [0.25, 0.3) is 11.2 Å². The number of alkyl halides is 1. The van der Waals surface area contributed by atoms with Crippen molar-refractivity contribution >= 4 is 22.8 Å². The zero-order chi connectivity index (χ0) is 14.8. The summed E-state index contributed by atoms with van der Waals surface area (Å²) >= 11 is 6.25. The molecule has 0 aliphatic rings. The summed E-state index contributed by atoms with van der Waals surface area (Å²) in [6.07, 6.45) is 5.02. The molecule has 1 unspecified atom stereocenters. The summed E-state index contributed by atoms with van der Waals surface area (Å²) < 4.78 is 7.21. The normalized spacial score (nSPS) is 12.5. The zero-order valence-electron chi connectivity index (χ0n) is 11.7. The van der Waals surface area contributed by atoms with Gasteiger partial charge in [-0.3, -0.25) is 4.98 Å². The minimum absolute atomic E-state index is 0.249. The molecule has 0 aliphatic heterocycles. The topological polar surface area (TPSA) is 65.7 Å². The van der Waals surface area contributed by atoms with E-state index in [-0.39, 0.29) is 5.38 Å². The lowest BCUT2D eigenvalue weighted by Crippen LogP contribution is -2.06. The third-order valence-electron chi connectivity index (χ3n) is 3.14. The third kappa shape index (κ3) is 2.54. The molecule has 6 nitrogen and oxygen atoms in total. The molecule has 3 aromatic rings. The number of ether oxygens (including phenoxy) is 1. The molecular weight excluding hydrogens is 290 g/mol. The summed E-state index contributed by atoms with van der Waals surface area (Å²) in [5, 5.41) is -0.249. The van der Waals surface area contributed by atoms with Gasteiger partial charge in [-0.2, -0.15) is 4.98 Å². The van der Waals surface area contributed by atoms with E-state index in [0.717, 1.165) is 11.4 Å². The standard InChI is InChI=1S/C14H14ClN5O/c1-9(15)12-19-11-13(17-8-18-14(11)21-2)20(12)7-10-4-3-5-16-6-10/h3-6,8-9H,7H2,1-2H3. The van der Waals surface area contributed by atoms with Gasteiger partial charge in [-0.05, 0) is 18.6 Å². The van der Waals surface area contributed by atoms with Crippen molar-refractivity contribution in [2.75, 3.05) is 7.11 Å². The summed E-state index contributed by atoms with van der Waals surface area (Å²) in [5.41, 5.74) is 2.37. The van der Waals surface area contributed by atoms with Gasteiger partial charge < -0.3 is 9.30 Å². The van der Waals surface area contributed by atoms with Gasteiger partial charge >= 0.3 is 0 Å². The largest absolute Gasteiger partial charge is 0.479 e. The highest BCUT2D eigenvalue weighted by Crippen LogP contribution is 2.27. The average Bonchev–Trinajstić information content (AvgIpc) is 2.87. The van der Waals surface area contributed by atoms with Gasteiger partial charge in [-0.15, -0.1) is 11.6 Å². The predicted octanol–water partition coefficient (Wildman–Crippen LogP) is 2.58. The fourth-order valence-corrected chi connectivity index (χ4v) is 2.38. The van der Waals surface area contributed by atoms with Gasteiger partial charge in [0.25, 0.3) is 0 Å². The first-order valence-corrected chi connectivity index (χ1v) is 6.92. The van der Waals surface area contributed by atoms with Crippen molar-refractivity contribution in [1.29, 1.82) is 0 Å². The molecule has 0 radical (unpaired) electrons. The number of nitrogens with zero attached hydrogens (tertiary/aromatic N) is 5. The summed E-state index contributed by atoms with van der Waals surface area (Å²) in [4.78, 5) is 17.1. The van der Waals surface area contributed by atoms with Crippen LogP contribution < -0.4 is 4.74 Å². The van der Waals surface area contributed by atoms with Gasteiger partial charge in [-0.1, -0.05) is 6.07 Å². The molecule has 0 spiro atoms. The highest BCUT2D eigenvalue weighted by Gasteiger charge is 2.19. The van der Waals surface area contributed by atoms with Gasteiger partial charge in [0.1, 0.15) is 12.2 Å². The highest BCUT2D eigenvalue weighted by atomic mass is 35.5. The second-order valence-corrected chi connectivity index (χ2v) is 5.24. The lowest BCUT2D eigenvalue weighted by molar-refractivity contribution is 0.401. The van der Waals surface area contributed by atoms with Crippen LogP contribution in [0.1, 0.15) is 23.7 Å². The molecular formula is C14H14ClN5O. The molecule has 0 amide bonds. The first kappa shape index (κ1) is 13.8. The van der Waals surface area contributed by atoms with Crippen molar-refractivity contribution in [1.82, 2.24) is 24.5 Å². The van der Waals surface area contributed by atoms with Crippen LogP contribution in [0, 0.1) is 0 Å². The number of imidazole rings is 1. The molecule has 0 fully saturated rings. The minimum Gasteiger partial charge on any atom is -0.479 e. The fraction of sp³-hybridized carbons (Fsp3) is 0.286. The van der Waals surface area contributed by atoms with Crippen LogP contribution >= 0.6 is 11.6 Å². The zero-order valence-corrected chi connectivity index (χ0v) is 12.4. The van der Waals surface area contributed by atoms with Crippen molar-refractivity contribution in [2.45, 2.75) is 18.8 Å². The summed E-state index contributed by atoms with van der Waals surface area (Å²) in [5.74, 6) is 1.18. The van der Waals surface area contributed by atoms with Gasteiger partial charge in [0.2, 0.25) is 5.88 Å². The first-order chi connectivity index (χ1) is 10.2. The smallest absolute Gasteiger partial charge is 0.245 e. The molecule has 3 rings (SSSR count). The number of pyridine rings is 1. The summed E-state index contributed by atoms with van der Waals surface area (Å²) in [6, 6.07) is 3.90. The van der Waals surface area contributed by atoms with Crippen LogP contribution in [0.5, 0.6) is 5.88 Å². The molecule has 3 heterocycles. The van der Waals surface area contributed by atoms with Gasteiger partial charge in [-0.25, -0.2) is 9.97 Å². The molecule has 0 bridgehead atoms. The Morgan fingerprint density at radius 2 is 2.24 bits per heavy atom. The second kappa shape index (κ2) is 5.65. The van der Waals surface area contributed by atoms with E-state index in [1.54, 1.807) is 13.3 Å². The van der Waals surface area contributed by atoms with Gasteiger partial charge in [0.05, 0.1) is 19.0 Å². The van der Waals surface area contributed by atoms with Crippen molar-refractivity contribution in [2.24, 2.45) is 0 Å². The lowest BCUT2D eigenvalue weighted by Gasteiger charge is -2.09. The summed E-state index contributed by atoms with van der Waals surface area (Å²) in [6.45, 7) is 2.47. The van der Waals surface area contributed by atoms with E-state index in [1.165, 1.54) is 6.33 Å². The van der Waals surface area contributed by atoms with Crippen molar-refractivity contribution in [3.63, 3.8) is 0 Å². The molecule has 21 heavy (non-hydrogen) atoms. The van der Waals surface area contributed by atoms with Crippen LogP contribution in [0.15, 0.2) is 30.9 Å². The Morgan fingerprint density at radius 3 is 2.90 bits per heavy atom. The Morgan fingerprint density at radius 1 is 1.38 bits per heavy atom. The Kier molecular flexibility index (Phi) is 3.70. The number of hydrogen-bond acceptors (Lipinski definition) is 5. The van der Waals surface area contributed by atoms with E-state index < -0.39 is 0 Å². The highest BCUT2D eigenvalue weighted by molar-refractivity contribution is 6.20. The molecule has 0 saturated heterocycles. The number of fused-ring (bicyclic) bond motifs is 1. The third-order valence-corrected chi connectivity index (χ3v) is 3.34. The van der Waals surface area contributed by atoms with Crippen LogP contribution in [0.4, 0.5) is 0 Å². The molecule has 0 aromatic carbocycles. The average molecular weight is 304 g/mol. The maximum Gasteiger partial charge on any atom is 0.245 e. The van der Waals surface area contributed by atoms with E-state index in [1.807, 2.05) is 29.8 Å². The predicted molar refractivity (Wildman–Crippen MR) is 79.5 cm³/mol. The quantitative estimate of drug-likeness (QED) is 0.693. The van der Waals surface area contributed by atoms with E-state index in [0.29, 0.717) is 23.6 Å². The summed E-state index contributed by atoms with van der Waals surface area (Å²) in [7, 11) is 1.56. The number of hydrogen-bond donors (Lipinski definition) is 0. The van der Waals surface area contributed by atoms with Gasteiger partial charge in [0, 0.05) is 12.4 Å². The maximum atomic E-state index is 6.25. The van der Waals surface area contributed by atoms with Crippen LogP contribution in [-0.4, -0.2) is 31.6 Å². The molecule has 0 N–H and O–H groups in total. The Hall–Kier alpha value is -2.21.